The number of carbonyl (C=O) groups excluding carboxylic acids is 1. The molecule has 0 aliphatic carbocycles. The van der Waals surface area contributed by atoms with Crippen molar-refractivity contribution in [1.29, 1.82) is 0 Å². The summed E-state index contributed by atoms with van der Waals surface area (Å²) in [5, 5.41) is 117. The number of carbonyl (C=O) groups is 1. The number of nitrogens with zero attached hydrogens (tertiary/aromatic N) is 3. The molecule has 1 aromatic heterocycles. The molecular formula is C47H67ClN8O16. The van der Waals surface area contributed by atoms with Gasteiger partial charge in [0.2, 0.25) is 5.91 Å². The topological polar surface area (TPSA) is 417 Å². The lowest BCUT2D eigenvalue weighted by atomic mass is 9.99. The van der Waals surface area contributed by atoms with Gasteiger partial charge in [-0.2, -0.15) is 0 Å². The van der Waals surface area contributed by atoms with Crippen molar-refractivity contribution in [1.82, 2.24) is 15.3 Å². The normalized spacial score (nSPS) is 16.6. The number of rotatable bonds is 30. The molecule has 19 N–H and O–H groups in total. The molecule has 25 heteroatoms. The number of halogens is 1. The average Bonchev–Trinajstić information content (AvgIpc) is 3.37. The Morgan fingerprint density at radius 3 is 1.75 bits per heavy atom. The van der Waals surface area contributed by atoms with Gasteiger partial charge in [-0.3, -0.25) is 9.79 Å². The molecule has 0 saturated heterocycles. The summed E-state index contributed by atoms with van der Waals surface area (Å²) >= 11 is 5.88. The van der Waals surface area contributed by atoms with Crippen LogP contribution < -0.4 is 37.3 Å². The first kappa shape index (κ1) is 59.0. The van der Waals surface area contributed by atoms with E-state index in [1.807, 2.05) is 48.5 Å². The molecule has 1 unspecified atom stereocenters. The van der Waals surface area contributed by atoms with Crippen LogP contribution in [0.5, 0.6) is 11.5 Å². The van der Waals surface area contributed by atoms with Crippen molar-refractivity contribution >= 4 is 40.8 Å². The third-order valence-corrected chi connectivity index (χ3v) is 11.6. The predicted octanol–water partition coefficient (Wildman–Crippen LogP) is -1.89. The highest BCUT2D eigenvalue weighted by Gasteiger charge is 2.37. The maximum absolute atomic E-state index is 13.3. The summed E-state index contributed by atoms with van der Waals surface area (Å²) in [4.78, 5) is 25.3. The molecule has 11 atom stereocenters. The van der Waals surface area contributed by atoms with Gasteiger partial charge in [0, 0.05) is 51.1 Å². The molecule has 398 valence electrons. The van der Waals surface area contributed by atoms with Crippen LogP contribution in [0.25, 0.3) is 11.1 Å². The number of ether oxygens (including phenoxy) is 4. The van der Waals surface area contributed by atoms with Crippen molar-refractivity contribution in [3.05, 3.63) is 88.7 Å². The van der Waals surface area contributed by atoms with Gasteiger partial charge in [0.15, 0.2) is 29.0 Å². The number of nitrogens with one attached hydrogen (secondary N) is 2. The number of aromatic nitrogens is 2. The molecule has 4 rings (SSSR count). The van der Waals surface area contributed by atoms with Crippen LogP contribution in [0.2, 0.25) is 5.15 Å². The lowest BCUT2D eigenvalue weighted by Gasteiger charge is -2.31. The monoisotopic (exact) mass is 1030 g/mol. The van der Waals surface area contributed by atoms with Gasteiger partial charge in [0.05, 0.1) is 13.2 Å². The molecule has 0 radical (unpaired) electrons. The summed E-state index contributed by atoms with van der Waals surface area (Å²) in [6.07, 6.45) is -15.7. The molecule has 0 aliphatic heterocycles. The van der Waals surface area contributed by atoms with E-state index in [0.29, 0.717) is 13.0 Å². The van der Waals surface area contributed by atoms with Gasteiger partial charge in [-0.25, -0.2) is 9.97 Å². The van der Waals surface area contributed by atoms with Gasteiger partial charge in [0.25, 0.3) is 0 Å². The third kappa shape index (κ3) is 17.6. The van der Waals surface area contributed by atoms with Crippen LogP contribution in [0.15, 0.2) is 71.7 Å². The van der Waals surface area contributed by atoms with Gasteiger partial charge in [-0.05, 0) is 47.9 Å². The lowest BCUT2D eigenvalue weighted by molar-refractivity contribution is -0.156. The van der Waals surface area contributed by atoms with Crippen molar-refractivity contribution in [2.45, 2.75) is 99.4 Å². The molecule has 0 spiro atoms. The molecule has 0 bridgehead atoms. The number of nitrogen functional groups attached to an aromatic ring is 2. The molecule has 1 heterocycles. The van der Waals surface area contributed by atoms with Crippen LogP contribution >= 0.6 is 11.6 Å². The Balaban J connectivity index is 1.33. The summed E-state index contributed by atoms with van der Waals surface area (Å²) in [5.74, 6) is -0.575. The molecule has 0 saturated carbocycles. The van der Waals surface area contributed by atoms with Crippen LogP contribution in [0, 0.1) is 0 Å². The van der Waals surface area contributed by atoms with Crippen molar-refractivity contribution < 1.29 is 79.9 Å². The number of aliphatic imine (C=N–C) groups is 1. The number of unbranched alkanes of at least 4 members (excludes halogenated alkanes) is 1. The van der Waals surface area contributed by atoms with E-state index in [1.165, 1.54) is 18.2 Å². The SMILES string of the molecule is CO[C@H]([C@@H](O)[C@@H](O)CO)[C@H](O)[C@H](O)COc1cc(NC(=O)CCc2ccc(-c3ccc(CCCCN=C(N)NC(O)c4nc(Cl)c(N)nc4N)cc3)cc2)cc(OC[C@@H](O)[C@@H](OC)[C@H](O)[C@@H](O)[C@@H](O)CO)c1. The zero-order valence-electron chi connectivity index (χ0n) is 39.7. The first-order valence-corrected chi connectivity index (χ1v) is 23.1. The van der Waals surface area contributed by atoms with Gasteiger partial charge in [-0.1, -0.05) is 60.1 Å². The Labute approximate surface area is 420 Å². The summed E-state index contributed by atoms with van der Waals surface area (Å²) < 4.78 is 21.6. The van der Waals surface area contributed by atoms with E-state index in [1.54, 1.807) is 0 Å². The zero-order chi connectivity index (χ0) is 53.1. The molecule has 72 heavy (non-hydrogen) atoms. The van der Waals surface area contributed by atoms with Crippen molar-refractivity contribution in [3.8, 4) is 22.6 Å². The van der Waals surface area contributed by atoms with Crippen LogP contribution in [-0.4, -0.2) is 186 Å². The minimum Gasteiger partial charge on any atom is -0.491 e. The summed E-state index contributed by atoms with van der Waals surface area (Å²) in [7, 11) is 2.25. The van der Waals surface area contributed by atoms with Crippen molar-refractivity contribution in [2.24, 2.45) is 10.7 Å². The number of aliphatic hydroxyl groups excluding tert-OH is 11. The number of anilines is 3. The maximum Gasteiger partial charge on any atom is 0.224 e. The number of hydrogen-bond donors (Lipinski definition) is 16. The first-order valence-electron chi connectivity index (χ1n) is 22.7. The van der Waals surface area contributed by atoms with Gasteiger partial charge >= 0.3 is 0 Å². The highest BCUT2D eigenvalue weighted by Crippen LogP contribution is 2.29. The molecule has 1 amide bonds. The van der Waals surface area contributed by atoms with Crippen LogP contribution in [-0.2, 0) is 27.1 Å². The van der Waals surface area contributed by atoms with E-state index in [9.17, 15) is 61.0 Å². The number of benzene rings is 3. The summed E-state index contributed by atoms with van der Waals surface area (Å²) in [6.45, 7) is -2.48. The second-order valence-electron chi connectivity index (χ2n) is 16.7. The Morgan fingerprint density at radius 2 is 1.19 bits per heavy atom. The van der Waals surface area contributed by atoms with E-state index in [0.717, 1.165) is 55.7 Å². The number of methoxy groups -OCH3 is 2. The third-order valence-electron chi connectivity index (χ3n) is 11.4. The molecule has 24 nitrogen and oxygen atoms in total. The predicted molar refractivity (Wildman–Crippen MR) is 263 cm³/mol. The standard InChI is InChI=1S/C47H67ClN8O16/c1-69-41(40(67)37(64)31(59)20-57)34(62)23-72-30-18-28(17-29(19-30)71-22-33(61)39(66)42(70-2)38(65)32(60)21-58)53-35(63)15-10-25-8-13-27(14-9-25)26-11-6-24(7-12-26)5-3-4-16-52-47(51)56-46(68)36-44(49)55-45(50)43(48)54-36/h6-9,11-14,17-19,31-34,37-42,46,57-62,64-68H,3-5,10,15-16,20-23H2,1-2H3,(H,53,63)(H4,49,50,55)(H3,51,52,56)/t31-,32-,33+,34+,37-,38-,39+,40+,41+,42+,46?/m0/s1. The first-order chi connectivity index (χ1) is 34.3. The number of hydrogen-bond acceptors (Lipinski definition) is 21. The fraction of sp³-hybridized carbons (Fsp3) is 0.489. The molecule has 4 aromatic rings. The molecule has 3 aromatic carbocycles. The average molecular weight is 1040 g/mol. The smallest absolute Gasteiger partial charge is 0.224 e. The Hall–Kier alpha value is -5.55. The fourth-order valence-corrected chi connectivity index (χ4v) is 7.34. The van der Waals surface area contributed by atoms with E-state index in [-0.39, 0.29) is 52.0 Å². The van der Waals surface area contributed by atoms with Crippen LogP contribution in [0.1, 0.15) is 42.3 Å². The summed E-state index contributed by atoms with van der Waals surface area (Å²) in [6, 6.07) is 20.0. The quantitative estimate of drug-likeness (QED) is 0.0117. The highest BCUT2D eigenvalue weighted by molar-refractivity contribution is 6.31. The van der Waals surface area contributed by atoms with Crippen molar-refractivity contribution in [3.63, 3.8) is 0 Å². The van der Waals surface area contributed by atoms with Gasteiger partial charge in [-0.15, -0.1) is 0 Å². The number of amides is 1. The van der Waals surface area contributed by atoms with E-state index >= 15 is 0 Å². The zero-order valence-corrected chi connectivity index (χ0v) is 40.4. The van der Waals surface area contributed by atoms with E-state index in [2.05, 4.69) is 25.6 Å². The van der Waals surface area contributed by atoms with E-state index < -0.39 is 99.6 Å². The van der Waals surface area contributed by atoms with Crippen LogP contribution in [0.3, 0.4) is 0 Å². The molecular weight excluding hydrogens is 968 g/mol. The van der Waals surface area contributed by atoms with Crippen molar-refractivity contribution in [2.75, 3.05) is 64.0 Å². The number of nitrogens with two attached hydrogens (primary N) is 3. The summed E-state index contributed by atoms with van der Waals surface area (Å²) in [5.41, 5.74) is 21.4. The minimum absolute atomic E-state index is 0.000744. The molecule has 0 fully saturated rings. The number of aryl methyl sites for hydroxylation is 2. The second-order valence-corrected chi connectivity index (χ2v) is 17.1. The number of aliphatic hydroxyl groups is 11. The maximum atomic E-state index is 13.3. The Kier molecular flexibility index (Phi) is 24.0. The fourth-order valence-electron chi connectivity index (χ4n) is 7.21. The largest absolute Gasteiger partial charge is 0.491 e. The Morgan fingerprint density at radius 1 is 0.667 bits per heavy atom. The van der Waals surface area contributed by atoms with Gasteiger partial charge in [0.1, 0.15) is 91.4 Å². The Bertz CT molecular complexity index is 2310. The highest BCUT2D eigenvalue weighted by atomic mass is 35.5. The van der Waals surface area contributed by atoms with E-state index in [4.69, 9.17) is 47.7 Å². The number of guanidine groups is 1. The lowest BCUT2D eigenvalue weighted by Crippen LogP contribution is -2.52. The molecule has 0 aliphatic rings. The van der Waals surface area contributed by atoms with Crippen LogP contribution in [0.4, 0.5) is 17.3 Å². The van der Waals surface area contributed by atoms with Gasteiger partial charge < -0.3 is 103 Å². The second kappa shape index (κ2) is 29.2. The minimum atomic E-state index is -1.88.